The maximum absolute atomic E-state index is 11.9. The lowest BCUT2D eigenvalue weighted by Crippen LogP contribution is -2.18. The molecule has 0 spiro atoms. The Balaban J connectivity index is 2.14. The van der Waals surface area contributed by atoms with E-state index in [0.717, 1.165) is 17.0 Å². The number of hydrogen-bond acceptors (Lipinski definition) is 2. The smallest absolute Gasteiger partial charge is 0.253 e. The Morgan fingerprint density at radius 3 is 2.61 bits per heavy atom. The van der Waals surface area contributed by atoms with Gasteiger partial charge in [-0.1, -0.05) is 41.9 Å². The lowest BCUT2D eigenvalue weighted by atomic mass is 10.2. The predicted molar refractivity (Wildman–Crippen MR) is 95.9 cm³/mol. The van der Waals surface area contributed by atoms with Crippen molar-refractivity contribution in [1.29, 1.82) is 0 Å². The molecule has 0 fully saturated rings. The molecule has 6 heteroatoms. The first-order chi connectivity index (χ1) is 11.0. The number of hydrogen-bond donors (Lipinski definition) is 0. The summed E-state index contributed by atoms with van der Waals surface area (Å²) in [6.45, 7) is 2.41. The third-order valence-corrected chi connectivity index (χ3v) is 4.84. The fourth-order valence-electron chi connectivity index (χ4n) is 2.53. The molecule has 0 atom stereocenters. The van der Waals surface area contributed by atoms with Gasteiger partial charge in [-0.15, -0.1) is 0 Å². The van der Waals surface area contributed by atoms with Crippen LogP contribution in [0.2, 0.25) is 5.15 Å². The average Bonchev–Trinajstić information content (AvgIpc) is 2.81. The van der Waals surface area contributed by atoms with Gasteiger partial charge in [0.2, 0.25) is 0 Å². The van der Waals surface area contributed by atoms with Crippen molar-refractivity contribution in [3.63, 3.8) is 0 Å². The molecule has 3 rings (SSSR count). The summed E-state index contributed by atoms with van der Waals surface area (Å²) in [5, 5.41) is 0.537. The molecule has 3 aromatic rings. The molecule has 0 aliphatic heterocycles. The first kappa shape index (κ1) is 16.0. The molecule has 0 amide bonds. The highest BCUT2D eigenvalue weighted by Crippen LogP contribution is 2.30. The molecule has 4 nitrogen and oxygen atoms in total. The van der Waals surface area contributed by atoms with E-state index in [4.69, 9.17) is 11.6 Å². The minimum Gasteiger partial charge on any atom is -0.318 e. The van der Waals surface area contributed by atoms with Crippen LogP contribution >= 0.6 is 27.5 Å². The van der Waals surface area contributed by atoms with Crippen LogP contribution in [-0.4, -0.2) is 14.1 Å². The summed E-state index contributed by atoms with van der Waals surface area (Å²) < 4.78 is 4.09. The number of imidazole rings is 1. The van der Waals surface area contributed by atoms with Gasteiger partial charge in [0.15, 0.2) is 0 Å². The Morgan fingerprint density at radius 2 is 1.96 bits per heavy atom. The number of benzene rings is 1. The maximum atomic E-state index is 11.9. The minimum atomic E-state index is -0.0138. The summed E-state index contributed by atoms with van der Waals surface area (Å²) in [5.74, 6) is 0.726. The molecule has 0 aliphatic carbocycles. The van der Waals surface area contributed by atoms with E-state index in [9.17, 15) is 4.79 Å². The van der Waals surface area contributed by atoms with Gasteiger partial charge in [0, 0.05) is 24.4 Å². The first-order valence-electron chi connectivity index (χ1n) is 7.10. The number of rotatable bonds is 3. The van der Waals surface area contributed by atoms with Crippen molar-refractivity contribution in [2.45, 2.75) is 13.5 Å². The third kappa shape index (κ3) is 3.12. The zero-order valence-electron chi connectivity index (χ0n) is 12.8. The third-order valence-electron chi connectivity index (χ3n) is 3.67. The van der Waals surface area contributed by atoms with Crippen LogP contribution in [-0.2, 0) is 13.6 Å². The molecular weight excluding hydrogens is 378 g/mol. The maximum Gasteiger partial charge on any atom is 0.253 e. The van der Waals surface area contributed by atoms with Gasteiger partial charge in [0.25, 0.3) is 5.56 Å². The molecule has 0 radical (unpaired) electrons. The molecule has 2 aromatic heterocycles. The highest BCUT2D eigenvalue weighted by Gasteiger charge is 2.17. The second kappa shape index (κ2) is 6.34. The van der Waals surface area contributed by atoms with E-state index >= 15 is 0 Å². The van der Waals surface area contributed by atoms with E-state index in [1.807, 2.05) is 41.0 Å². The van der Waals surface area contributed by atoms with E-state index < -0.39 is 0 Å². The molecule has 0 unspecified atom stereocenters. The molecule has 1 aromatic carbocycles. The summed E-state index contributed by atoms with van der Waals surface area (Å²) in [6, 6.07) is 11.9. The molecule has 0 N–H and O–H groups in total. The van der Waals surface area contributed by atoms with Gasteiger partial charge < -0.3 is 9.13 Å². The summed E-state index contributed by atoms with van der Waals surface area (Å²) in [5.41, 5.74) is 2.64. The number of aromatic nitrogens is 3. The van der Waals surface area contributed by atoms with E-state index in [1.165, 1.54) is 0 Å². The molecule has 23 heavy (non-hydrogen) atoms. The summed E-state index contributed by atoms with van der Waals surface area (Å²) in [4.78, 5) is 16.4. The van der Waals surface area contributed by atoms with Crippen molar-refractivity contribution < 1.29 is 0 Å². The van der Waals surface area contributed by atoms with Crippen LogP contribution in [0.4, 0.5) is 0 Å². The van der Waals surface area contributed by atoms with Crippen molar-refractivity contribution in [2.24, 2.45) is 7.05 Å². The number of pyridine rings is 1. The topological polar surface area (TPSA) is 39.8 Å². The summed E-state index contributed by atoms with van der Waals surface area (Å²) in [6.07, 6.45) is 1.78. The van der Waals surface area contributed by atoms with E-state index in [1.54, 1.807) is 24.7 Å². The Labute approximate surface area is 147 Å². The molecule has 0 saturated heterocycles. The van der Waals surface area contributed by atoms with Gasteiger partial charge in [0.05, 0.1) is 6.54 Å². The Hall–Kier alpha value is -1.85. The fraction of sp³-hybridized carbons (Fsp3) is 0.176. The normalized spacial score (nSPS) is 11.0. The molecule has 0 aliphatic rings. The molecule has 0 bridgehead atoms. The zero-order chi connectivity index (χ0) is 16.6. The van der Waals surface area contributed by atoms with Gasteiger partial charge in [0.1, 0.15) is 15.6 Å². The van der Waals surface area contributed by atoms with Crippen molar-refractivity contribution in [1.82, 2.24) is 14.1 Å². The molecule has 118 valence electrons. The first-order valence-corrected chi connectivity index (χ1v) is 8.27. The van der Waals surface area contributed by atoms with Crippen LogP contribution in [0.3, 0.4) is 0 Å². The van der Waals surface area contributed by atoms with Crippen LogP contribution < -0.4 is 5.56 Å². The van der Waals surface area contributed by atoms with Crippen molar-refractivity contribution >= 4 is 27.5 Å². The monoisotopic (exact) mass is 391 g/mol. The highest BCUT2D eigenvalue weighted by molar-refractivity contribution is 9.10. The largest absolute Gasteiger partial charge is 0.318 e. The van der Waals surface area contributed by atoms with Gasteiger partial charge >= 0.3 is 0 Å². The van der Waals surface area contributed by atoms with Crippen LogP contribution in [0.1, 0.15) is 11.1 Å². The highest BCUT2D eigenvalue weighted by atomic mass is 79.9. The standard InChI is InChI=1S/C17H15BrClN3O/c1-11-8-13(10-21(2)17(11)23)16-20-14(18)15(19)22(16)9-12-6-4-3-5-7-12/h3-8,10H,9H2,1-2H3. The number of halogens is 2. The van der Waals surface area contributed by atoms with Crippen LogP contribution in [0.15, 0.2) is 52.0 Å². The van der Waals surface area contributed by atoms with Crippen LogP contribution in [0.5, 0.6) is 0 Å². The van der Waals surface area contributed by atoms with Gasteiger partial charge in [-0.2, -0.15) is 0 Å². The SMILES string of the molecule is Cc1cc(-c2nc(Br)c(Cl)n2Cc2ccccc2)cn(C)c1=O. The molecule has 2 heterocycles. The van der Waals surface area contributed by atoms with Crippen LogP contribution in [0.25, 0.3) is 11.4 Å². The fourth-order valence-corrected chi connectivity index (χ4v) is 3.10. The number of nitrogens with zero attached hydrogens (tertiary/aromatic N) is 3. The summed E-state index contributed by atoms with van der Waals surface area (Å²) in [7, 11) is 1.74. The van der Waals surface area contributed by atoms with E-state index in [0.29, 0.717) is 21.9 Å². The molecular formula is C17H15BrClN3O. The van der Waals surface area contributed by atoms with Crippen molar-refractivity contribution in [3.8, 4) is 11.4 Å². The van der Waals surface area contributed by atoms with Crippen molar-refractivity contribution in [2.75, 3.05) is 0 Å². The second-order valence-corrected chi connectivity index (χ2v) is 6.53. The molecule has 0 saturated carbocycles. The van der Waals surface area contributed by atoms with Gasteiger partial charge in [-0.3, -0.25) is 4.79 Å². The Morgan fingerprint density at radius 1 is 1.26 bits per heavy atom. The van der Waals surface area contributed by atoms with Crippen molar-refractivity contribution in [3.05, 3.63) is 73.8 Å². The van der Waals surface area contributed by atoms with E-state index in [2.05, 4.69) is 20.9 Å². The zero-order valence-corrected chi connectivity index (χ0v) is 15.1. The lowest BCUT2D eigenvalue weighted by Gasteiger charge is -2.11. The van der Waals surface area contributed by atoms with Gasteiger partial charge in [-0.25, -0.2) is 4.98 Å². The van der Waals surface area contributed by atoms with E-state index in [-0.39, 0.29) is 5.56 Å². The average molecular weight is 393 g/mol. The minimum absolute atomic E-state index is 0.0138. The second-order valence-electron chi connectivity index (χ2n) is 5.42. The summed E-state index contributed by atoms with van der Waals surface area (Å²) >= 11 is 9.81. The lowest BCUT2D eigenvalue weighted by molar-refractivity contribution is 0.799. The van der Waals surface area contributed by atoms with Crippen LogP contribution in [0, 0.1) is 6.92 Å². The Bertz CT molecular complexity index is 889. The predicted octanol–water partition coefficient (Wildman–Crippen LogP) is 4.02. The number of aryl methyl sites for hydroxylation is 2. The quantitative estimate of drug-likeness (QED) is 0.675. The van der Waals surface area contributed by atoms with Gasteiger partial charge in [-0.05, 0) is 34.5 Å². The Kier molecular flexibility index (Phi) is 4.41.